The van der Waals surface area contributed by atoms with Crippen LogP contribution in [0.4, 0.5) is 11.0 Å². The van der Waals surface area contributed by atoms with Gasteiger partial charge in [0.25, 0.3) is 0 Å². The molecule has 0 saturated heterocycles. The van der Waals surface area contributed by atoms with Gasteiger partial charge in [0, 0.05) is 4.88 Å². The molecule has 0 amide bonds. The van der Waals surface area contributed by atoms with E-state index in [0.717, 1.165) is 10.6 Å². The monoisotopic (exact) mass is 266 g/mol. The summed E-state index contributed by atoms with van der Waals surface area (Å²) in [6, 6.07) is 2.75. The lowest BCUT2D eigenvalue weighted by Crippen LogP contribution is -1.89. The molecule has 0 saturated carbocycles. The summed E-state index contributed by atoms with van der Waals surface area (Å²) in [5, 5.41) is 15.0. The average Bonchev–Trinajstić information content (AvgIpc) is 2.88. The highest BCUT2D eigenvalue weighted by molar-refractivity contribution is 7.15. The summed E-state index contributed by atoms with van der Waals surface area (Å²) in [5.41, 5.74) is 3.69. The van der Waals surface area contributed by atoms with Crippen molar-refractivity contribution in [3.05, 3.63) is 38.6 Å². The first-order valence-electron chi connectivity index (χ1n) is 5.03. The highest BCUT2D eigenvalue weighted by Gasteiger charge is 2.10. The van der Waals surface area contributed by atoms with Crippen molar-refractivity contribution in [3.8, 4) is 0 Å². The van der Waals surface area contributed by atoms with E-state index in [1.165, 1.54) is 29.7 Å². The van der Waals surface area contributed by atoms with Gasteiger partial charge in [0.05, 0.1) is 18.0 Å². The standard InChI is InChI=1S/C10H10N4O3S/c1-6-7(2)18-10(12-6)13-11-5-8-3-4-9(17-8)14(15)16/h3-5H,1-2H3,(H,12,13)/b11-5-. The van der Waals surface area contributed by atoms with Crippen LogP contribution in [-0.2, 0) is 0 Å². The fourth-order valence-corrected chi connectivity index (χ4v) is 1.95. The Morgan fingerprint density at radius 1 is 1.56 bits per heavy atom. The molecule has 2 rings (SSSR count). The van der Waals surface area contributed by atoms with E-state index >= 15 is 0 Å². The number of hydrogen-bond acceptors (Lipinski definition) is 7. The molecule has 7 nitrogen and oxygen atoms in total. The van der Waals surface area contributed by atoms with E-state index in [-0.39, 0.29) is 5.88 Å². The molecule has 0 aliphatic heterocycles. The van der Waals surface area contributed by atoms with Crippen LogP contribution in [-0.4, -0.2) is 16.1 Å². The van der Waals surface area contributed by atoms with Gasteiger partial charge in [-0.05, 0) is 19.9 Å². The van der Waals surface area contributed by atoms with Gasteiger partial charge in [-0.1, -0.05) is 0 Å². The maximum atomic E-state index is 10.4. The van der Waals surface area contributed by atoms with Crippen LogP contribution in [0.15, 0.2) is 21.7 Å². The van der Waals surface area contributed by atoms with Crippen LogP contribution >= 0.6 is 11.3 Å². The average molecular weight is 266 g/mol. The first-order chi connectivity index (χ1) is 8.56. The van der Waals surface area contributed by atoms with Gasteiger partial charge < -0.3 is 4.42 Å². The molecule has 0 bridgehead atoms. The summed E-state index contributed by atoms with van der Waals surface area (Å²) in [7, 11) is 0. The molecule has 2 heterocycles. The number of thiazole rings is 1. The fraction of sp³-hybridized carbons (Fsp3) is 0.200. The second kappa shape index (κ2) is 4.96. The number of hydrazone groups is 1. The van der Waals surface area contributed by atoms with Gasteiger partial charge in [-0.15, -0.1) is 11.3 Å². The molecule has 1 N–H and O–H groups in total. The van der Waals surface area contributed by atoms with Crippen molar-refractivity contribution < 1.29 is 9.34 Å². The van der Waals surface area contributed by atoms with E-state index in [9.17, 15) is 10.1 Å². The zero-order valence-corrected chi connectivity index (χ0v) is 10.5. The summed E-state index contributed by atoms with van der Waals surface area (Å²) >= 11 is 1.48. The van der Waals surface area contributed by atoms with Crippen molar-refractivity contribution in [1.29, 1.82) is 0 Å². The molecule has 0 fully saturated rings. The van der Waals surface area contributed by atoms with Gasteiger partial charge in [-0.2, -0.15) is 5.10 Å². The minimum atomic E-state index is -0.599. The first-order valence-corrected chi connectivity index (χ1v) is 5.85. The number of aryl methyl sites for hydroxylation is 2. The van der Waals surface area contributed by atoms with E-state index < -0.39 is 4.92 Å². The van der Waals surface area contributed by atoms with Crippen molar-refractivity contribution in [2.24, 2.45) is 5.10 Å². The summed E-state index contributed by atoms with van der Waals surface area (Å²) in [5.74, 6) is -0.00316. The molecule has 8 heteroatoms. The van der Waals surface area contributed by atoms with Crippen molar-refractivity contribution in [2.75, 3.05) is 5.43 Å². The number of nitrogens with zero attached hydrogens (tertiary/aromatic N) is 3. The Kier molecular flexibility index (Phi) is 3.38. The molecule has 0 unspecified atom stereocenters. The Morgan fingerprint density at radius 3 is 2.89 bits per heavy atom. The summed E-state index contributed by atoms with van der Waals surface area (Å²) in [6.07, 6.45) is 1.36. The van der Waals surface area contributed by atoms with E-state index in [0.29, 0.717) is 10.9 Å². The van der Waals surface area contributed by atoms with Crippen molar-refractivity contribution in [1.82, 2.24) is 4.98 Å². The van der Waals surface area contributed by atoms with Crippen LogP contribution in [0.1, 0.15) is 16.3 Å². The number of rotatable bonds is 4. The lowest BCUT2D eigenvalue weighted by molar-refractivity contribution is -0.402. The van der Waals surface area contributed by atoms with Gasteiger partial charge in [0.2, 0.25) is 5.13 Å². The number of anilines is 1. The molecule has 2 aromatic rings. The smallest absolute Gasteiger partial charge is 0.400 e. The van der Waals surface area contributed by atoms with Crippen molar-refractivity contribution in [3.63, 3.8) is 0 Å². The second-order valence-electron chi connectivity index (χ2n) is 3.46. The predicted octanol–water partition coefficient (Wildman–Crippen LogP) is 2.71. The maximum Gasteiger partial charge on any atom is 0.433 e. The second-order valence-corrected chi connectivity index (χ2v) is 4.67. The van der Waals surface area contributed by atoms with Crippen molar-refractivity contribution in [2.45, 2.75) is 13.8 Å². The van der Waals surface area contributed by atoms with Crippen LogP contribution in [0.5, 0.6) is 0 Å². The van der Waals surface area contributed by atoms with Gasteiger partial charge in [0.15, 0.2) is 5.76 Å². The lowest BCUT2D eigenvalue weighted by atomic mass is 10.4. The summed E-state index contributed by atoms with van der Waals surface area (Å²) < 4.78 is 4.91. The molecule has 0 radical (unpaired) electrons. The Labute approximate surface area is 106 Å². The van der Waals surface area contributed by atoms with E-state index in [4.69, 9.17) is 4.42 Å². The number of aromatic nitrogens is 1. The van der Waals surface area contributed by atoms with Crippen molar-refractivity contribution >= 4 is 28.6 Å². The minimum absolute atomic E-state index is 0.305. The van der Waals surface area contributed by atoms with Crippen LogP contribution in [0.2, 0.25) is 0 Å². The maximum absolute atomic E-state index is 10.4. The van der Waals surface area contributed by atoms with Crippen LogP contribution in [0.3, 0.4) is 0 Å². The number of nitro groups is 1. The Bertz CT molecular complexity index is 583. The zero-order chi connectivity index (χ0) is 13.1. The minimum Gasteiger partial charge on any atom is -0.400 e. The molecular formula is C10H10N4O3S. The lowest BCUT2D eigenvalue weighted by Gasteiger charge is -1.90. The zero-order valence-electron chi connectivity index (χ0n) is 9.71. The SMILES string of the molecule is Cc1nc(N/N=C\c2ccc([N+](=O)[O-])o2)sc1C. The summed E-state index contributed by atoms with van der Waals surface area (Å²) in [6.45, 7) is 3.88. The number of nitrogens with one attached hydrogen (secondary N) is 1. The Hall–Kier alpha value is -2.22. The Balaban J connectivity index is 2.00. The molecule has 0 atom stereocenters. The molecule has 2 aromatic heterocycles. The van der Waals surface area contributed by atoms with E-state index in [1.807, 2.05) is 13.8 Å². The molecule has 0 aliphatic rings. The third kappa shape index (κ3) is 2.72. The molecule has 94 valence electrons. The molecular weight excluding hydrogens is 256 g/mol. The largest absolute Gasteiger partial charge is 0.433 e. The molecule has 18 heavy (non-hydrogen) atoms. The normalized spacial score (nSPS) is 11.0. The summed E-state index contributed by atoms with van der Waals surface area (Å²) in [4.78, 5) is 15.1. The van der Waals surface area contributed by atoms with E-state index in [2.05, 4.69) is 15.5 Å². The number of furan rings is 1. The number of hydrogen-bond donors (Lipinski definition) is 1. The predicted molar refractivity (Wildman–Crippen MR) is 68.2 cm³/mol. The highest BCUT2D eigenvalue weighted by Crippen LogP contribution is 2.21. The van der Waals surface area contributed by atoms with Gasteiger partial charge >= 0.3 is 5.88 Å². The van der Waals surface area contributed by atoms with Crippen LogP contribution in [0, 0.1) is 24.0 Å². The third-order valence-electron chi connectivity index (χ3n) is 2.17. The first kappa shape index (κ1) is 12.2. The van der Waals surface area contributed by atoms with Gasteiger partial charge in [-0.3, -0.25) is 15.5 Å². The third-order valence-corrected chi connectivity index (χ3v) is 3.15. The van der Waals surface area contributed by atoms with Gasteiger partial charge in [-0.25, -0.2) is 4.98 Å². The quantitative estimate of drug-likeness (QED) is 0.521. The van der Waals surface area contributed by atoms with Crippen LogP contribution < -0.4 is 5.43 Å². The topological polar surface area (TPSA) is 93.6 Å². The Morgan fingerprint density at radius 2 is 2.33 bits per heavy atom. The molecule has 0 aromatic carbocycles. The van der Waals surface area contributed by atoms with Crippen LogP contribution in [0.25, 0.3) is 0 Å². The highest BCUT2D eigenvalue weighted by atomic mass is 32.1. The molecule has 0 spiro atoms. The molecule has 0 aliphatic carbocycles. The van der Waals surface area contributed by atoms with E-state index in [1.54, 1.807) is 0 Å². The van der Waals surface area contributed by atoms with Gasteiger partial charge in [0.1, 0.15) is 4.92 Å². The fourth-order valence-electron chi connectivity index (χ4n) is 1.18.